The molecule has 0 aliphatic heterocycles. The standard InChI is InChI=1S/C12H11ClO5/c1-17-9-5-6(13)4-8(10(14)12(15)16)11(9)18-7-2-3-7/h4-5,7H,2-3H2,1H3,(H,15,16). The molecular formula is C12H11ClO5. The van der Waals surface area contributed by atoms with Crippen LogP contribution in [0.25, 0.3) is 0 Å². The fourth-order valence-corrected chi connectivity index (χ4v) is 1.69. The molecule has 96 valence electrons. The Labute approximate surface area is 108 Å². The van der Waals surface area contributed by atoms with Crippen LogP contribution in [-0.4, -0.2) is 30.1 Å². The number of methoxy groups -OCH3 is 1. The molecule has 1 fully saturated rings. The van der Waals surface area contributed by atoms with Gasteiger partial charge in [0.25, 0.3) is 5.78 Å². The van der Waals surface area contributed by atoms with Crippen molar-refractivity contribution in [3.63, 3.8) is 0 Å². The van der Waals surface area contributed by atoms with Crippen LogP contribution in [-0.2, 0) is 4.79 Å². The highest BCUT2D eigenvalue weighted by atomic mass is 35.5. The zero-order valence-corrected chi connectivity index (χ0v) is 10.4. The van der Waals surface area contributed by atoms with E-state index in [2.05, 4.69) is 0 Å². The van der Waals surface area contributed by atoms with Crippen molar-refractivity contribution in [2.45, 2.75) is 18.9 Å². The van der Waals surface area contributed by atoms with E-state index < -0.39 is 11.8 Å². The van der Waals surface area contributed by atoms with Gasteiger partial charge in [-0.3, -0.25) is 4.79 Å². The fourth-order valence-electron chi connectivity index (χ4n) is 1.48. The van der Waals surface area contributed by atoms with Gasteiger partial charge in [-0.25, -0.2) is 4.79 Å². The predicted octanol–water partition coefficient (Wildman–Crippen LogP) is 2.16. The summed E-state index contributed by atoms with van der Waals surface area (Å²) in [5, 5.41) is 9.00. The SMILES string of the molecule is COc1cc(Cl)cc(C(=O)C(=O)O)c1OC1CC1. The first-order valence-corrected chi connectivity index (χ1v) is 5.72. The Balaban J connectivity index is 2.49. The molecule has 1 aliphatic rings. The molecule has 1 aromatic rings. The quantitative estimate of drug-likeness (QED) is 0.656. The minimum atomic E-state index is -1.56. The Morgan fingerprint density at radius 3 is 2.56 bits per heavy atom. The topological polar surface area (TPSA) is 72.8 Å². The summed E-state index contributed by atoms with van der Waals surface area (Å²) in [5.41, 5.74) is -0.0845. The molecule has 0 aromatic heterocycles. The molecule has 2 rings (SSSR count). The van der Waals surface area contributed by atoms with E-state index in [0.29, 0.717) is 0 Å². The highest BCUT2D eigenvalue weighted by Crippen LogP contribution is 2.39. The monoisotopic (exact) mass is 270 g/mol. The van der Waals surface area contributed by atoms with Crippen molar-refractivity contribution in [1.29, 1.82) is 0 Å². The van der Waals surface area contributed by atoms with E-state index in [-0.39, 0.29) is 28.2 Å². The Morgan fingerprint density at radius 1 is 1.39 bits per heavy atom. The summed E-state index contributed by atoms with van der Waals surface area (Å²) in [7, 11) is 1.40. The van der Waals surface area contributed by atoms with E-state index in [1.807, 2.05) is 0 Å². The highest BCUT2D eigenvalue weighted by molar-refractivity contribution is 6.41. The summed E-state index contributed by atoms with van der Waals surface area (Å²) >= 11 is 5.82. The molecule has 1 saturated carbocycles. The third-order valence-electron chi connectivity index (χ3n) is 2.49. The summed E-state index contributed by atoms with van der Waals surface area (Å²) in [6.07, 6.45) is 1.78. The van der Waals surface area contributed by atoms with Crippen molar-refractivity contribution in [2.75, 3.05) is 7.11 Å². The lowest BCUT2D eigenvalue weighted by atomic mass is 10.1. The van der Waals surface area contributed by atoms with Crippen molar-refractivity contribution in [1.82, 2.24) is 0 Å². The number of carbonyl (C=O) groups is 2. The van der Waals surface area contributed by atoms with Crippen LogP contribution < -0.4 is 9.47 Å². The Kier molecular flexibility index (Phi) is 3.43. The molecule has 1 N–H and O–H groups in total. The molecule has 0 amide bonds. The van der Waals surface area contributed by atoms with Crippen LogP contribution in [0.15, 0.2) is 12.1 Å². The van der Waals surface area contributed by atoms with Crippen LogP contribution in [0, 0.1) is 0 Å². The van der Waals surface area contributed by atoms with Gasteiger partial charge in [-0.2, -0.15) is 0 Å². The van der Waals surface area contributed by atoms with Crippen LogP contribution in [0.5, 0.6) is 11.5 Å². The summed E-state index contributed by atoms with van der Waals surface area (Å²) in [5.74, 6) is -2.21. The lowest BCUT2D eigenvalue weighted by molar-refractivity contribution is -0.131. The molecular weight excluding hydrogens is 260 g/mol. The van der Waals surface area contributed by atoms with Crippen LogP contribution in [0.4, 0.5) is 0 Å². The minimum absolute atomic E-state index is 0.0143. The molecule has 5 nitrogen and oxygen atoms in total. The van der Waals surface area contributed by atoms with Gasteiger partial charge in [0.15, 0.2) is 11.5 Å². The molecule has 1 aliphatic carbocycles. The van der Waals surface area contributed by atoms with Crippen LogP contribution in [0.3, 0.4) is 0 Å². The largest absolute Gasteiger partial charge is 0.493 e. The predicted molar refractivity (Wildman–Crippen MR) is 63.6 cm³/mol. The average Bonchev–Trinajstić information content (AvgIpc) is 3.13. The molecule has 0 saturated heterocycles. The minimum Gasteiger partial charge on any atom is -0.493 e. The molecule has 0 radical (unpaired) electrons. The molecule has 0 spiro atoms. The second kappa shape index (κ2) is 4.86. The normalized spacial score (nSPS) is 14.1. The van der Waals surface area contributed by atoms with Crippen molar-refractivity contribution >= 4 is 23.4 Å². The van der Waals surface area contributed by atoms with Gasteiger partial charge in [-0.1, -0.05) is 11.6 Å². The number of halogens is 1. The van der Waals surface area contributed by atoms with Crippen LogP contribution in [0.1, 0.15) is 23.2 Å². The molecule has 0 atom stereocenters. The van der Waals surface area contributed by atoms with Gasteiger partial charge < -0.3 is 14.6 Å². The number of carbonyl (C=O) groups excluding carboxylic acids is 1. The number of ether oxygens (including phenoxy) is 2. The fraction of sp³-hybridized carbons (Fsp3) is 0.333. The lowest BCUT2D eigenvalue weighted by Gasteiger charge is -2.13. The third-order valence-corrected chi connectivity index (χ3v) is 2.71. The highest BCUT2D eigenvalue weighted by Gasteiger charge is 2.30. The number of rotatable bonds is 5. The molecule has 0 unspecified atom stereocenters. The smallest absolute Gasteiger partial charge is 0.377 e. The first-order chi connectivity index (χ1) is 8.52. The second-order valence-electron chi connectivity index (χ2n) is 3.94. The number of Topliss-reactive ketones (excluding diaryl/α,β-unsaturated/α-hetero) is 1. The second-order valence-corrected chi connectivity index (χ2v) is 4.37. The maximum atomic E-state index is 11.6. The maximum absolute atomic E-state index is 11.6. The summed E-state index contributed by atoms with van der Waals surface area (Å²) < 4.78 is 10.6. The van der Waals surface area contributed by atoms with Gasteiger partial charge in [0.1, 0.15) is 0 Å². The number of hydrogen-bond donors (Lipinski definition) is 1. The first kappa shape index (κ1) is 12.7. The maximum Gasteiger partial charge on any atom is 0.377 e. The molecule has 1 aromatic carbocycles. The van der Waals surface area contributed by atoms with E-state index >= 15 is 0 Å². The zero-order valence-electron chi connectivity index (χ0n) is 9.60. The molecule has 0 bridgehead atoms. The van der Waals surface area contributed by atoms with Crippen LogP contribution >= 0.6 is 11.6 Å². The van der Waals surface area contributed by atoms with Gasteiger partial charge in [0, 0.05) is 11.1 Å². The number of hydrogen-bond acceptors (Lipinski definition) is 4. The number of carboxylic acid groups (broad SMARTS) is 1. The van der Waals surface area contributed by atoms with E-state index in [1.54, 1.807) is 0 Å². The van der Waals surface area contributed by atoms with Gasteiger partial charge in [-0.15, -0.1) is 0 Å². The lowest BCUT2D eigenvalue weighted by Crippen LogP contribution is -2.15. The van der Waals surface area contributed by atoms with E-state index in [9.17, 15) is 9.59 Å². The Bertz CT molecular complexity index is 507. The molecule has 18 heavy (non-hydrogen) atoms. The van der Waals surface area contributed by atoms with Crippen molar-refractivity contribution < 1.29 is 24.2 Å². The number of benzene rings is 1. The van der Waals surface area contributed by atoms with Gasteiger partial charge in [0.05, 0.1) is 18.8 Å². The van der Waals surface area contributed by atoms with Crippen molar-refractivity contribution in [2.24, 2.45) is 0 Å². The summed E-state index contributed by atoms with van der Waals surface area (Å²) in [4.78, 5) is 22.4. The summed E-state index contributed by atoms with van der Waals surface area (Å²) in [6, 6.07) is 2.76. The van der Waals surface area contributed by atoms with Gasteiger partial charge >= 0.3 is 5.97 Å². The molecule has 0 heterocycles. The summed E-state index contributed by atoms with van der Waals surface area (Å²) in [6.45, 7) is 0. The average molecular weight is 271 g/mol. The third kappa shape index (κ3) is 2.56. The van der Waals surface area contributed by atoms with Gasteiger partial charge in [-0.05, 0) is 18.9 Å². The van der Waals surface area contributed by atoms with Crippen molar-refractivity contribution in [3.05, 3.63) is 22.7 Å². The van der Waals surface area contributed by atoms with Crippen molar-refractivity contribution in [3.8, 4) is 11.5 Å². The Morgan fingerprint density at radius 2 is 2.06 bits per heavy atom. The van der Waals surface area contributed by atoms with E-state index in [4.69, 9.17) is 26.2 Å². The van der Waals surface area contributed by atoms with Crippen LogP contribution in [0.2, 0.25) is 5.02 Å². The molecule has 6 heteroatoms. The number of carboxylic acids is 1. The van der Waals surface area contributed by atoms with E-state index in [0.717, 1.165) is 12.8 Å². The number of ketones is 1. The number of aliphatic carboxylic acids is 1. The van der Waals surface area contributed by atoms with Gasteiger partial charge in [0.2, 0.25) is 0 Å². The van der Waals surface area contributed by atoms with E-state index in [1.165, 1.54) is 19.2 Å². The zero-order chi connectivity index (χ0) is 13.3. The first-order valence-electron chi connectivity index (χ1n) is 5.34. The Hall–Kier alpha value is -1.75.